The van der Waals surface area contributed by atoms with E-state index in [1.54, 1.807) is 11.8 Å². The van der Waals surface area contributed by atoms with Crippen molar-refractivity contribution in [1.29, 1.82) is 0 Å². The Morgan fingerprint density at radius 1 is 1.37 bits per heavy atom. The highest BCUT2D eigenvalue weighted by Crippen LogP contribution is 2.29. The van der Waals surface area contributed by atoms with Gasteiger partial charge in [0.05, 0.1) is 12.1 Å². The van der Waals surface area contributed by atoms with E-state index in [0.717, 1.165) is 21.0 Å². The number of fused-ring (bicyclic) bond motifs is 1. The van der Waals surface area contributed by atoms with Crippen LogP contribution >= 0.6 is 27.7 Å². The van der Waals surface area contributed by atoms with E-state index in [1.165, 1.54) is 37.8 Å². The molecule has 0 bridgehead atoms. The molecule has 1 N–H and O–H groups in total. The Kier molecular flexibility index (Phi) is 4.12. The molecule has 19 heavy (non-hydrogen) atoms. The highest BCUT2D eigenvalue weighted by atomic mass is 79.9. The number of hydrogen-bond acceptors (Lipinski definition) is 3. The molecule has 1 saturated carbocycles. The molecule has 1 aromatic carbocycles. The van der Waals surface area contributed by atoms with Crippen molar-refractivity contribution in [2.24, 2.45) is 4.99 Å². The largest absolute Gasteiger partial charge is 0.360 e. The lowest BCUT2D eigenvalue weighted by Crippen LogP contribution is -2.36. The predicted octanol–water partition coefficient (Wildman–Crippen LogP) is 4.09. The zero-order valence-corrected chi connectivity index (χ0v) is 12.9. The van der Waals surface area contributed by atoms with Crippen molar-refractivity contribution in [2.45, 2.75) is 43.5 Å². The molecule has 102 valence electrons. The first kappa shape index (κ1) is 13.4. The number of thioether (sulfide) groups is 1. The summed E-state index contributed by atoms with van der Waals surface area (Å²) in [5.74, 6) is 0.606. The van der Waals surface area contributed by atoms with Crippen LogP contribution in [-0.4, -0.2) is 17.3 Å². The van der Waals surface area contributed by atoms with E-state index in [0.29, 0.717) is 12.1 Å². The minimum absolute atomic E-state index is 0.206. The molecule has 0 aromatic heterocycles. The van der Waals surface area contributed by atoms with E-state index in [-0.39, 0.29) is 5.82 Å². The molecule has 2 nitrogen and oxygen atoms in total. The number of hydrogen-bond donors (Lipinski definition) is 1. The molecule has 0 amide bonds. The van der Waals surface area contributed by atoms with Crippen LogP contribution in [0.5, 0.6) is 0 Å². The lowest BCUT2D eigenvalue weighted by atomic mass is 9.92. The number of rotatable bonds is 2. The third-order valence-corrected chi connectivity index (χ3v) is 5.39. The summed E-state index contributed by atoms with van der Waals surface area (Å²) >= 11 is 5.11. The maximum Gasteiger partial charge on any atom is 0.157 e. The van der Waals surface area contributed by atoms with Crippen LogP contribution in [0.3, 0.4) is 0 Å². The van der Waals surface area contributed by atoms with Crippen molar-refractivity contribution in [3.63, 3.8) is 0 Å². The van der Waals surface area contributed by atoms with Crippen LogP contribution in [0.4, 0.5) is 4.39 Å². The molecule has 1 fully saturated rings. The second-order valence-electron chi connectivity index (χ2n) is 5.06. The molecule has 2 aliphatic rings. The highest BCUT2D eigenvalue weighted by Gasteiger charge is 2.30. The Balaban J connectivity index is 1.60. The monoisotopic (exact) mass is 342 g/mol. The van der Waals surface area contributed by atoms with Crippen LogP contribution in [0.25, 0.3) is 0 Å². The standard InChI is InChI=1S/C14H16BrFN2S/c15-11-7-10(16)6-5-9(11)8-19-14-17-12-3-1-2-4-13(12)18-14/h5-7,12-13H,1-4,8H2,(H,17,18)/t12-,13-/m0/s1. The minimum atomic E-state index is -0.206. The average molecular weight is 343 g/mol. The van der Waals surface area contributed by atoms with Gasteiger partial charge in [0.1, 0.15) is 5.82 Å². The fraction of sp³-hybridized carbons (Fsp3) is 0.500. The van der Waals surface area contributed by atoms with Crippen LogP contribution in [0.2, 0.25) is 0 Å². The Morgan fingerprint density at radius 2 is 2.21 bits per heavy atom. The molecule has 1 aliphatic carbocycles. The van der Waals surface area contributed by atoms with Crippen molar-refractivity contribution in [1.82, 2.24) is 5.32 Å². The second-order valence-corrected chi connectivity index (χ2v) is 6.88. The molecule has 0 unspecified atom stereocenters. The summed E-state index contributed by atoms with van der Waals surface area (Å²) in [7, 11) is 0. The number of halogens is 2. The molecule has 1 heterocycles. The summed E-state index contributed by atoms with van der Waals surface area (Å²) in [6, 6.07) is 5.87. The fourth-order valence-electron chi connectivity index (χ4n) is 2.64. The maximum absolute atomic E-state index is 13.0. The molecule has 0 saturated heterocycles. The number of aliphatic imine (C=N–C) groups is 1. The van der Waals surface area contributed by atoms with Crippen LogP contribution < -0.4 is 5.32 Å². The first-order chi connectivity index (χ1) is 9.22. The van der Waals surface area contributed by atoms with Gasteiger partial charge in [-0.05, 0) is 30.5 Å². The lowest BCUT2D eigenvalue weighted by Gasteiger charge is -2.23. The van der Waals surface area contributed by atoms with Gasteiger partial charge in [0.2, 0.25) is 0 Å². The summed E-state index contributed by atoms with van der Waals surface area (Å²) in [5, 5.41) is 4.57. The number of nitrogens with one attached hydrogen (secondary N) is 1. The molecular formula is C14H16BrFN2S. The Labute approximate surface area is 125 Å². The van der Waals surface area contributed by atoms with Gasteiger partial charge in [-0.3, -0.25) is 4.99 Å². The maximum atomic E-state index is 13.0. The van der Waals surface area contributed by atoms with Gasteiger partial charge in [0.15, 0.2) is 5.17 Å². The van der Waals surface area contributed by atoms with Gasteiger partial charge >= 0.3 is 0 Å². The van der Waals surface area contributed by atoms with Crippen molar-refractivity contribution in [3.8, 4) is 0 Å². The average Bonchev–Trinajstić information content (AvgIpc) is 2.80. The molecule has 0 radical (unpaired) electrons. The molecule has 3 rings (SSSR count). The highest BCUT2D eigenvalue weighted by molar-refractivity contribution is 9.10. The predicted molar refractivity (Wildman–Crippen MR) is 82.0 cm³/mol. The van der Waals surface area contributed by atoms with Crippen LogP contribution in [-0.2, 0) is 5.75 Å². The van der Waals surface area contributed by atoms with Gasteiger partial charge in [-0.15, -0.1) is 0 Å². The number of nitrogens with zero attached hydrogens (tertiary/aromatic N) is 1. The van der Waals surface area contributed by atoms with E-state index in [9.17, 15) is 4.39 Å². The van der Waals surface area contributed by atoms with Crippen molar-refractivity contribution in [3.05, 3.63) is 34.1 Å². The van der Waals surface area contributed by atoms with Crippen molar-refractivity contribution < 1.29 is 4.39 Å². The molecule has 5 heteroatoms. The van der Waals surface area contributed by atoms with Gasteiger partial charge in [0, 0.05) is 10.2 Å². The molecule has 0 spiro atoms. The van der Waals surface area contributed by atoms with Gasteiger partial charge in [-0.2, -0.15) is 0 Å². The summed E-state index contributed by atoms with van der Waals surface area (Å²) < 4.78 is 13.8. The SMILES string of the molecule is Fc1ccc(CSC2=N[C@H]3CCCC[C@@H]3N2)c(Br)c1. The molecule has 2 atom stereocenters. The topological polar surface area (TPSA) is 24.4 Å². The molecule has 1 aromatic rings. The summed E-state index contributed by atoms with van der Waals surface area (Å²) in [4.78, 5) is 4.75. The fourth-order valence-corrected chi connectivity index (χ4v) is 4.31. The normalized spacial score (nSPS) is 25.7. The molecule has 1 aliphatic heterocycles. The summed E-state index contributed by atoms with van der Waals surface area (Å²) in [6.45, 7) is 0. The third kappa shape index (κ3) is 3.14. The van der Waals surface area contributed by atoms with Gasteiger partial charge in [-0.25, -0.2) is 4.39 Å². The van der Waals surface area contributed by atoms with Crippen LogP contribution in [0, 0.1) is 5.82 Å². The Morgan fingerprint density at radius 3 is 3.00 bits per heavy atom. The Bertz CT molecular complexity index is 506. The lowest BCUT2D eigenvalue weighted by molar-refractivity contribution is 0.385. The van der Waals surface area contributed by atoms with E-state index in [2.05, 4.69) is 21.2 Å². The zero-order valence-electron chi connectivity index (χ0n) is 10.5. The van der Waals surface area contributed by atoms with E-state index in [4.69, 9.17) is 4.99 Å². The zero-order chi connectivity index (χ0) is 13.2. The summed E-state index contributed by atoms with van der Waals surface area (Å²) in [5.41, 5.74) is 1.10. The Hall–Kier alpha value is -0.550. The summed E-state index contributed by atoms with van der Waals surface area (Å²) in [6.07, 6.45) is 5.05. The van der Waals surface area contributed by atoms with Gasteiger partial charge in [0.25, 0.3) is 0 Å². The van der Waals surface area contributed by atoms with Crippen LogP contribution in [0.15, 0.2) is 27.7 Å². The number of amidine groups is 1. The van der Waals surface area contributed by atoms with Crippen molar-refractivity contribution in [2.75, 3.05) is 0 Å². The van der Waals surface area contributed by atoms with E-state index < -0.39 is 0 Å². The first-order valence-electron chi connectivity index (χ1n) is 6.63. The van der Waals surface area contributed by atoms with Gasteiger partial charge in [-0.1, -0.05) is 46.6 Å². The van der Waals surface area contributed by atoms with E-state index >= 15 is 0 Å². The third-order valence-electron chi connectivity index (χ3n) is 3.70. The number of benzene rings is 1. The first-order valence-corrected chi connectivity index (χ1v) is 8.41. The quantitative estimate of drug-likeness (QED) is 0.875. The second kappa shape index (κ2) is 5.83. The van der Waals surface area contributed by atoms with Gasteiger partial charge < -0.3 is 5.32 Å². The molecular weight excluding hydrogens is 327 g/mol. The van der Waals surface area contributed by atoms with E-state index in [1.807, 2.05) is 6.07 Å². The van der Waals surface area contributed by atoms with Crippen LogP contribution in [0.1, 0.15) is 31.2 Å². The minimum Gasteiger partial charge on any atom is -0.360 e. The van der Waals surface area contributed by atoms with Crippen molar-refractivity contribution >= 4 is 32.9 Å². The smallest absolute Gasteiger partial charge is 0.157 e.